The summed E-state index contributed by atoms with van der Waals surface area (Å²) in [6, 6.07) is 21.8. The summed E-state index contributed by atoms with van der Waals surface area (Å²) in [5, 5.41) is 1.33. The van der Waals surface area contributed by atoms with E-state index in [-0.39, 0.29) is 0 Å². The zero-order valence-electron chi connectivity index (χ0n) is 15.7. The second kappa shape index (κ2) is 6.22. The fraction of sp³-hybridized carbons (Fsp3) is 0.417. The number of aromatic amines is 1. The summed E-state index contributed by atoms with van der Waals surface area (Å²) < 4.78 is 0. The third kappa shape index (κ3) is 2.56. The van der Waals surface area contributed by atoms with Crippen LogP contribution >= 0.6 is 0 Å². The lowest BCUT2D eigenvalue weighted by atomic mass is 9.75. The highest BCUT2D eigenvalue weighted by Gasteiger charge is 2.52. The highest BCUT2D eigenvalue weighted by molar-refractivity contribution is 5.79. The zero-order valence-corrected chi connectivity index (χ0v) is 15.7. The van der Waals surface area contributed by atoms with E-state index in [0.717, 1.165) is 18.5 Å². The molecule has 138 valence electrons. The summed E-state index contributed by atoms with van der Waals surface area (Å²) in [6.45, 7) is 4.88. The van der Waals surface area contributed by atoms with E-state index in [2.05, 4.69) is 69.4 Å². The summed E-state index contributed by atoms with van der Waals surface area (Å²) >= 11 is 0. The van der Waals surface area contributed by atoms with Crippen LogP contribution in [0.15, 0.2) is 60.8 Å². The number of aromatic nitrogens is 1. The highest BCUT2D eigenvalue weighted by Crippen LogP contribution is 2.46. The molecule has 0 aliphatic carbocycles. The predicted molar refractivity (Wildman–Crippen MR) is 110 cm³/mol. The first kappa shape index (κ1) is 15.9. The first-order chi connectivity index (χ1) is 13.4. The minimum Gasteiger partial charge on any atom is -0.361 e. The molecule has 3 aromatic rings. The number of H-pyrrole nitrogens is 1. The Morgan fingerprint density at radius 2 is 1.78 bits per heavy atom. The maximum absolute atomic E-state index is 3.32. The molecule has 0 unspecified atom stereocenters. The molecule has 4 aliphatic rings. The Bertz CT molecular complexity index is 938. The standard InChI is InChI=1S/C24H27N3/c1-2-4-18(5-3-1)21-16-27(23-19-9-12-26(13-10-19)24(21)23)15-17-6-7-22-20(14-17)8-11-25-22/h1-8,11,14,19,21,23-25H,9-10,12-13,15-16H2/t21-,23+,24+/m0/s1. The maximum atomic E-state index is 3.32. The Kier molecular flexibility index (Phi) is 3.66. The third-order valence-corrected chi connectivity index (χ3v) is 7.32. The van der Waals surface area contributed by atoms with Gasteiger partial charge in [0, 0.05) is 42.8 Å². The van der Waals surface area contributed by atoms with Gasteiger partial charge in [0.15, 0.2) is 0 Å². The molecular formula is C24H27N3. The molecule has 2 aromatic carbocycles. The molecule has 1 N–H and O–H groups in total. The Morgan fingerprint density at radius 1 is 0.926 bits per heavy atom. The topological polar surface area (TPSA) is 22.3 Å². The van der Waals surface area contributed by atoms with Gasteiger partial charge in [-0.3, -0.25) is 9.80 Å². The Morgan fingerprint density at radius 3 is 2.63 bits per heavy atom. The minimum atomic E-state index is 0.648. The van der Waals surface area contributed by atoms with Crippen LogP contribution in [0.3, 0.4) is 0 Å². The largest absolute Gasteiger partial charge is 0.361 e. The van der Waals surface area contributed by atoms with Gasteiger partial charge in [-0.15, -0.1) is 0 Å². The number of hydrogen-bond donors (Lipinski definition) is 1. The molecule has 5 heterocycles. The van der Waals surface area contributed by atoms with Crippen LogP contribution in [0.4, 0.5) is 0 Å². The van der Waals surface area contributed by atoms with Gasteiger partial charge in [0.2, 0.25) is 0 Å². The molecule has 1 aromatic heterocycles. The van der Waals surface area contributed by atoms with Gasteiger partial charge in [-0.1, -0.05) is 36.4 Å². The van der Waals surface area contributed by atoms with Crippen molar-refractivity contribution < 1.29 is 0 Å². The number of benzene rings is 2. The molecule has 0 spiro atoms. The van der Waals surface area contributed by atoms with Crippen molar-refractivity contribution in [3.8, 4) is 0 Å². The number of hydrogen-bond acceptors (Lipinski definition) is 2. The van der Waals surface area contributed by atoms with Crippen molar-refractivity contribution in [1.29, 1.82) is 0 Å². The first-order valence-electron chi connectivity index (χ1n) is 10.5. The number of likely N-dealkylation sites (tertiary alicyclic amines) is 1. The monoisotopic (exact) mass is 357 g/mol. The van der Waals surface area contributed by atoms with Crippen LogP contribution in [0.2, 0.25) is 0 Å². The van der Waals surface area contributed by atoms with Crippen molar-refractivity contribution in [3.63, 3.8) is 0 Å². The van der Waals surface area contributed by atoms with Crippen molar-refractivity contribution in [1.82, 2.24) is 14.8 Å². The second-order valence-electron chi connectivity index (χ2n) is 8.70. The molecule has 0 saturated carbocycles. The van der Waals surface area contributed by atoms with E-state index in [1.54, 1.807) is 0 Å². The fourth-order valence-electron chi connectivity index (χ4n) is 6.15. The van der Waals surface area contributed by atoms with Crippen LogP contribution in [0.1, 0.15) is 29.9 Å². The highest BCUT2D eigenvalue weighted by atomic mass is 15.3. The van der Waals surface area contributed by atoms with Crippen molar-refractivity contribution in [2.24, 2.45) is 5.92 Å². The predicted octanol–water partition coefficient (Wildman–Crippen LogP) is 4.23. The van der Waals surface area contributed by atoms with Crippen molar-refractivity contribution in [2.75, 3.05) is 19.6 Å². The Hall–Kier alpha value is -2.10. The van der Waals surface area contributed by atoms with Crippen molar-refractivity contribution in [2.45, 2.75) is 37.4 Å². The van der Waals surface area contributed by atoms with Gasteiger partial charge in [-0.25, -0.2) is 0 Å². The lowest BCUT2D eigenvalue weighted by Gasteiger charge is -2.51. The normalized spacial score (nSPS) is 32.8. The molecule has 4 fully saturated rings. The average molecular weight is 358 g/mol. The number of fused-ring (bicyclic) bond motifs is 3. The summed E-state index contributed by atoms with van der Waals surface area (Å²) in [6.07, 6.45) is 4.81. The van der Waals surface area contributed by atoms with Crippen LogP contribution in [0.5, 0.6) is 0 Å². The first-order valence-corrected chi connectivity index (χ1v) is 10.5. The quantitative estimate of drug-likeness (QED) is 0.758. The SMILES string of the molecule is c1ccc([C@@H]2CN(Cc3ccc4[nH]ccc4c3)[C@@H]3C4CCN(CC4)[C@@H]32)cc1. The van der Waals surface area contributed by atoms with E-state index in [1.165, 1.54) is 54.5 Å². The summed E-state index contributed by atoms with van der Waals surface area (Å²) in [5.74, 6) is 1.53. The molecule has 0 radical (unpaired) electrons. The molecular weight excluding hydrogens is 330 g/mol. The fourth-order valence-corrected chi connectivity index (χ4v) is 6.15. The molecule has 0 amide bonds. The van der Waals surface area contributed by atoms with Gasteiger partial charge in [0.1, 0.15) is 0 Å². The van der Waals surface area contributed by atoms with Crippen LogP contribution in [0, 0.1) is 5.92 Å². The van der Waals surface area contributed by atoms with Gasteiger partial charge in [-0.05, 0) is 66.6 Å². The number of rotatable bonds is 3. The minimum absolute atomic E-state index is 0.648. The smallest absolute Gasteiger partial charge is 0.0454 e. The molecule has 4 saturated heterocycles. The van der Waals surface area contributed by atoms with Gasteiger partial charge in [0.25, 0.3) is 0 Å². The average Bonchev–Trinajstić information content (AvgIpc) is 3.35. The Labute approximate surface area is 161 Å². The summed E-state index contributed by atoms with van der Waals surface area (Å²) in [5.41, 5.74) is 4.22. The van der Waals surface area contributed by atoms with Crippen LogP contribution in [-0.2, 0) is 6.54 Å². The van der Waals surface area contributed by atoms with Gasteiger partial charge in [-0.2, -0.15) is 0 Å². The van der Waals surface area contributed by atoms with Crippen LogP contribution in [0.25, 0.3) is 10.9 Å². The van der Waals surface area contributed by atoms with E-state index in [1.807, 2.05) is 6.20 Å². The van der Waals surface area contributed by atoms with E-state index in [0.29, 0.717) is 12.0 Å². The van der Waals surface area contributed by atoms with E-state index in [4.69, 9.17) is 0 Å². The molecule has 4 aliphatic heterocycles. The van der Waals surface area contributed by atoms with Crippen molar-refractivity contribution in [3.05, 3.63) is 71.9 Å². The zero-order chi connectivity index (χ0) is 17.8. The van der Waals surface area contributed by atoms with Gasteiger partial charge < -0.3 is 4.98 Å². The maximum Gasteiger partial charge on any atom is 0.0454 e. The van der Waals surface area contributed by atoms with E-state index in [9.17, 15) is 0 Å². The Balaban J connectivity index is 1.34. The molecule has 27 heavy (non-hydrogen) atoms. The number of nitrogens with zero attached hydrogens (tertiary/aromatic N) is 2. The second-order valence-corrected chi connectivity index (χ2v) is 8.70. The molecule has 3 heteroatoms. The van der Waals surface area contributed by atoms with Crippen molar-refractivity contribution >= 4 is 10.9 Å². The van der Waals surface area contributed by atoms with Gasteiger partial charge in [0.05, 0.1) is 0 Å². The van der Waals surface area contributed by atoms with Gasteiger partial charge >= 0.3 is 0 Å². The van der Waals surface area contributed by atoms with Crippen LogP contribution in [-0.4, -0.2) is 46.5 Å². The number of piperidine rings is 3. The molecule has 2 bridgehead atoms. The lowest BCUT2D eigenvalue weighted by molar-refractivity contribution is -0.00868. The number of nitrogens with one attached hydrogen (secondary N) is 1. The molecule has 7 rings (SSSR count). The van der Waals surface area contributed by atoms with E-state index >= 15 is 0 Å². The lowest BCUT2D eigenvalue weighted by Crippen LogP contribution is -2.59. The summed E-state index contributed by atoms with van der Waals surface area (Å²) in [4.78, 5) is 8.93. The molecule has 3 atom stereocenters. The summed E-state index contributed by atoms with van der Waals surface area (Å²) in [7, 11) is 0. The molecule has 3 nitrogen and oxygen atoms in total. The van der Waals surface area contributed by atoms with E-state index < -0.39 is 0 Å². The van der Waals surface area contributed by atoms with Crippen LogP contribution < -0.4 is 0 Å². The third-order valence-electron chi connectivity index (χ3n) is 7.32.